The van der Waals surface area contributed by atoms with E-state index in [2.05, 4.69) is 10.6 Å². The molecule has 1 heterocycles. The lowest BCUT2D eigenvalue weighted by Crippen LogP contribution is -2.37. The summed E-state index contributed by atoms with van der Waals surface area (Å²) >= 11 is 0. The van der Waals surface area contributed by atoms with Gasteiger partial charge in [-0.3, -0.25) is 4.90 Å². The second kappa shape index (κ2) is 7.79. The highest BCUT2D eigenvalue weighted by atomic mass is 19.4. The first-order valence-electron chi connectivity index (χ1n) is 8.50. The Morgan fingerprint density at radius 3 is 2.54 bits per heavy atom. The number of amides is 3. The van der Waals surface area contributed by atoms with Crippen LogP contribution in [0.5, 0.6) is 0 Å². The summed E-state index contributed by atoms with van der Waals surface area (Å²) in [6.07, 6.45) is -5.74. The van der Waals surface area contributed by atoms with Gasteiger partial charge in [0.1, 0.15) is 6.10 Å². The van der Waals surface area contributed by atoms with E-state index in [1.807, 2.05) is 19.1 Å². The Balaban J connectivity index is 1.56. The summed E-state index contributed by atoms with van der Waals surface area (Å²) in [6, 6.07) is 11.2. The van der Waals surface area contributed by atoms with Gasteiger partial charge in [0, 0.05) is 5.69 Å². The maximum atomic E-state index is 13.0. The lowest BCUT2D eigenvalue weighted by Gasteiger charge is -2.15. The van der Waals surface area contributed by atoms with Crippen LogP contribution in [-0.2, 0) is 10.9 Å². The van der Waals surface area contributed by atoms with Crippen LogP contribution in [0, 0.1) is 6.92 Å². The average Bonchev–Trinajstić information content (AvgIpc) is 3.01. The maximum Gasteiger partial charge on any atom is 0.418 e. The molecule has 0 radical (unpaired) electrons. The van der Waals surface area contributed by atoms with E-state index < -0.39 is 30.0 Å². The quantitative estimate of drug-likeness (QED) is 0.820. The van der Waals surface area contributed by atoms with Crippen LogP contribution in [0.25, 0.3) is 0 Å². The summed E-state index contributed by atoms with van der Waals surface area (Å²) in [4.78, 5) is 25.4. The van der Waals surface area contributed by atoms with Crippen LogP contribution >= 0.6 is 0 Å². The van der Waals surface area contributed by atoms with Gasteiger partial charge in [0.2, 0.25) is 0 Å². The Kier molecular flexibility index (Phi) is 5.43. The number of aryl methyl sites for hydroxylation is 1. The van der Waals surface area contributed by atoms with Crippen molar-refractivity contribution in [2.75, 3.05) is 23.3 Å². The summed E-state index contributed by atoms with van der Waals surface area (Å²) in [6.45, 7) is 2.11. The van der Waals surface area contributed by atoms with Crippen molar-refractivity contribution in [1.29, 1.82) is 0 Å². The molecule has 6 nitrogen and oxygen atoms in total. The van der Waals surface area contributed by atoms with E-state index in [0.29, 0.717) is 5.69 Å². The van der Waals surface area contributed by atoms with Crippen LogP contribution in [0.3, 0.4) is 0 Å². The van der Waals surface area contributed by atoms with Crippen molar-refractivity contribution >= 4 is 23.5 Å². The van der Waals surface area contributed by atoms with Gasteiger partial charge in [0.05, 0.1) is 24.3 Å². The molecule has 1 saturated heterocycles. The standard InChI is InChI=1S/C19H18F3N3O3/c1-12-6-8-13(9-7-12)25-11-14(28-18(25)27)10-23-17(26)24-16-5-3-2-4-15(16)19(20,21)22/h2-9,14H,10-11H2,1H3,(H2,23,24,26)/t14-/m1/s1. The van der Waals surface area contributed by atoms with Crippen LogP contribution in [0.1, 0.15) is 11.1 Å². The van der Waals surface area contributed by atoms with Crippen molar-refractivity contribution in [2.45, 2.75) is 19.2 Å². The number of anilines is 2. The zero-order chi connectivity index (χ0) is 20.3. The van der Waals surface area contributed by atoms with Crippen LogP contribution in [-0.4, -0.2) is 31.3 Å². The lowest BCUT2D eigenvalue weighted by atomic mass is 10.1. The van der Waals surface area contributed by atoms with Gasteiger partial charge in [-0.15, -0.1) is 0 Å². The topological polar surface area (TPSA) is 70.7 Å². The third-order valence-corrected chi connectivity index (χ3v) is 4.19. The maximum absolute atomic E-state index is 13.0. The van der Waals surface area contributed by atoms with Crippen LogP contribution in [0.2, 0.25) is 0 Å². The normalized spacial score (nSPS) is 16.6. The molecule has 2 N–H and O–H groups in total. The number of carbonyl (C=O) groups is 2. The van der Waals surface area contributed by atoms with Crippen molar-refractivity contribution in [3.63, 3.8) is 0 Å². The number of ether oxygens (including phenoxy) is 1. The summed E-state index contributed by atoms with van der Waals surface area (Å²) in [5.74, 6) is 0. The minimum Gasteiger partial charge on any atom is -0.442 e. The van der Waals surface area contributed by atoms with E-state index in [-0.39, 0.29) is 18.8 Å². The molecule has 1 fully saturated rings. The molecular weight excluding hydrogens is 375 g/mol. The lowest BCUT2D eigenvalue weighted by molar-refractivity contribution is -0.136. The number of urea groups is 1. The monoisotopic (exact) mass is 393 g/mol. The van der Waals surface area contributed by atoms with Gasteiger partial charge in [0.25, 0.3) is 0 Å². The van der Waals surface area contributed by atoms with Gasteiger partial charge in [0.15, 0.2) is 0 Å². The van der Waals surface area contributed by atoms with E-state index in [4.69, 9.17) is 4.74 Å². The third-order valence-electron chi connectivity index (χ3n) is 4.19. The van der Waals surface area contributed by atoms with Crippen LogP contribution in [0.15, 0.2) is 48.5 Å². The molecule has 0 unspecified atom stereocenters. The van der Waals surface area contributed by atoms with Crippen molar-refractivity contribution in [3.8, 4) is 0 Å². The van der Waals surface area contributed by atoms with Crippen molar-refractivity contribution in [3.05, 3.63) is 59.7 Å². The number of alkyl halides is 3. The van der Waals surface area contributed by atoms with Gasteiger partial charge in [-0.1, -0.05) is 29.8 Å². The van der Waals surface area contributed by atoms with E-state index >= 15 is 0 Å². The number of carbonyl (C=O) groups excluding carboxylic acids is 2. The number of para-hydroxylation sites is 1. The molecule has 0 aliphatic carbocycles. The van der Waals surface area contributed by atoms with Gasteiger partial charge < -0.3 is 15.4 Å². The van der Waals surface area contributed by atoms with Crippen molar-refractivity contribution in [1.82, 2.24) is 5.32 Å². The first-order chi connectivity index (χ1) is 13.2. The zero-order valence-electron chi connectivity index (χ0n) is 14.9. The number of nitrogens with one attached hydrogen (secondary N) is 2. The largest absolute Gasteiger partial charge is 0.442 e. The molecule has 2 aromatic rings. The minimum atomic E-state index is -4.58. The molecular formula is C19H18F3N3O3. The smallest absolute Gasteiger partial charge is 0.418 e. The Morgan fingerprint density at radius 1 is 1.18 bits per heavy atom. The molecule has 0 spiro atoms. The summed E-state index contributed by atoms with van der Waals surface area (Å²) < 4.78 is 44.1. The number of hydrogen-bond donors (Lipinski definition) is 2. The van der Waals surface area contributed by atoms with Crippen LogP contribution < -0.4 is 15.5 Å². The Bertz CT molecular complexity index is 869. The Labute approximate surface area is 159 Å². The van der Waals surface area contributed by atoms with Crippen molar-refractivity contribution in [2.24, 2.45) is 0 Å². The predicted octanol–water partition coefficient (Wildman–Crippen LogP) is 4.16. The summed E-state index contributed by atoms with van der Waals surface area (Å²) in [5.41, 5.74) is 0.423. The second-order valence-corrected chi connectivity index (χ2v) is 6.33. The number of nitrogens with zero attached hydrogens (tertiary/aromatic N) is 1. The number of halogens is 3. The van der Waals surface area contributed by atoms with E-state index in [1.54, 1.807) is 12.1 Å². The number of hydrogen-bond acceptors (Lipinski definition) is 3. The van der Waals surface area contributed by atoms with Crippen LogP contribution in [0.4, 0.5) is 34.1 Å². The first kappa shape index (κ1) is 19.5. The molecule has 1 aliphatic heterocycles. The molecule has 1 atom stereocenters. The van der Waals surface area contributed by atoms with E-state index in [0.717, 1.165) is 17.7 Å². The highest BCUT2D eigenvalue weighted by Gasteiger charge is 2.34. The highest BCUT2D eigenvalue weighted by Crippen LogP contribution is 2.34. The first-order valence-corrected chi connectivity index (χ1v) is 8.50. The fraction of sp³-hybridized carbons (Fsp3) is 0.263. The molecule has 0 aromatic heterocycles. The van der Waals surface area contributed by atoms with Crippen molar-refractivity contribution < 1.29 is 27.5 Å². The second-order valence-electron chi connectivity index (χ2n) is 6.33. The predicted molar refractivity (Wildman–Crippen MR) is 97.3 cm³/mol. The Hall–Kier alpha value is -3.23. The van der Waals surface area contributed by atoms with E-state index in [9.17, 15) is 22.8 Å². The van der Waals surface area contributed by atoms with Gasteiger partial charge >= 0.3 is 18.3 Å². The SMILES string of the molecule is Cc1ccc(N2C[C@@H](CNC(=O)Nc3ccccc3C(F)(F)F)OC2=O)cc1. The van der Waals surface area contributed by atoms with Gasteiger partial charge in [-0.05, 0) is 31.2 Å². The Morgan fingerprint density at radius 2 is 1.86 bits per heavy atom. The molecule has 9 heteroatoms. The molecule has 148 valence electrons. The molecule has 0 bridgehead atoms. The highest BCUT2D eigenvalue weighted by molar-refractivity contribution is 5.91. The molecule has 28 heavy (non-hydrogen) atoms. The fourth-order valence-electron chi connectivity index (χ4n) is 2.78. The summed E-state index contributed by atoms with van der Waals surface area (Å²) in [5, 5.41) is 4.61. The molecule has 1 aliphatic rings. The molecule has 3 amide bonds. The molecule has 3 rings (SSSR count). The van der Waals surface area contributed by atoms with E-state index in [1.165, 1.54) is 17.0 Å². The third kappa shape index (κ3) is 4.54. The van der Waals surface area contributed by atoms with Gasteiger partial charge in [-0.2, -0.15) is 13.2 Å². The average molecular weight is 393 g/mol. The minimum absolute atomic E-state index is 0.0336. The zero-order valence-corrected chi connectivity index (χ0v) is 14.9. The number of benzene rings is 2. The number of cyclic esters (lactones) is 1. The molecule has 0 saturated carbocycles. The molecule has 2 aromatic carbocycles. The van der Waals surface area contributed by atoms with Gasteiger partial charge in [-0.25, -0.2) is 9.59 Å². The number of rotatable bonds is 4. The fourth-order valence-corrected chi connectivity index (χ4v) is 2.78. The summed E-state index contributed by atoms with van der Waals surface area (Å²) in [7, 11) is 0.